The standard InChI is InChI=1S/C13H19F3N4/c1-3-6-17-10-7-11(20(2)8-13(14,15)16)19-12(18-10)9-4-5-9/h7,9H,3-6,8H2,1-2H3,(H,17,18,19). The van der Waals surface area contributed by atoms with Crippen LogP contribution < -0.4 is 10.2 Å². The van der Waals surface area contributed by atoms with Crippen LogP contribution in [0.2, 0.25) is 0 Å². The van der Waals surface area contributed by atoms with Crippen molar-refractivity contribution in [1.29, 1.82) is 0 Å². The molecule has 0 saturated heterocycles. The van der Waals surface area contributed by atoms with Crippen LogP contribution in [0, 0.1) is 0 Å². The summed E-state index contributed by atoms with van der Waals surface area (Å²) in [7, 11) is 1.40. The number of nitrogens with zero attached hydrogens (tertiary/aromatic N) is 3. The van der Waals surface area contributed by atoms with Gasteiger partial charge in [-0.3, -0.25) is 0 Å². The first kappa shape index (κ1) is 14.9. The van der Waals surface area contributed by atoms with E-state index in [1.807, 2.05) is 6.92 Å². The van der Waals surface area contributed by atoms with Crippen molar-refractivity contribution in [2.24, 2.45) is 0 Å². The number of rotatable bonds is 6. The Labute approximate surface area is 116 Å². The summed E-state index contributed by atoms with van der Waals surface area (Å²) in [5.74, 6) is 1.87. The van der Waals surface area contributed by atoms with Crippen LogP contribution in [0.3, 0.4) is 0 Å². The first-order valence-electron chi connectivity index (χ1n) is 6.80. The van der Waals surface area contributed by atoms with Crippen molar-refractivity contribution >= 4 is 11.6 Å². The van der Waals surface area contributed by atoms with E-state index in [-0.39, 0.29) is 0 Å². The number of alkyl halides is 3. The molecule has 112 valence electrons. The Morgan fingerprint density at radius 1 is 1.35 bits per heavy atom. The fourth-order valence-electron chi connectivity index (χ4n) is 1.87. The molecule has 1 aromatic heterocycles. The Kier molecular flexibility index (Phi) is 4.35. The normalized spacial score (nSPS) is 15.2. The topological polar surface area (TPSA) is 41.0 Å². The second-order valence-corrected chi connectivity index (χ2v) is 5.14. The molecule has 0 unspecified atom stereocenters. The molecule has 0 spiro atoms. The van der Waals surface area contributed by atoms with E-state index in [1.165, 1.54) is 7.05 Å². The summed E-state index contributed by atoms with van der Waals surface area (Å²) in [6.07, 6.45) is -1.29. The van der Waals surface area contributed by atoms with Crippen LogP contribution >= 0.6 is 0 Å². The summed E-state index contributed by atoms with van der Waals surface area (Å²) < 4.78 is 37.4. The lowest BCUT2D eigenvalue weighted by atomic mass is 10.3. The molecule has 0 aromatic carbocycles. The van der Waals surface area contributed by atoms with Crippen LogP contribution in [-0.2, 0) is 0 Å². The highest BCUT2D eigenvalue weighted by Gasteiger charge is 2.31. The average Bonchev–Trinajstić information content (AvgIpc) is 3.18. The van der Waals surface area contributed by atoms with Crippen molar-refractivity contribution in [3.8, 4) is 0 Å². The molecular weight excluding hydrogens is 269 g/mol. The molecule has 4 nitrogen and oxygen atoms in total. The molecule has 2 rings (SSSR count). The third-order valence-corrected chi connectivity index (χ3v) is 3.04. The van der Waals surface area contributed by atoms with E-state index in [2.05, 4.69) is 15.3 Å². The molecule has 0 amide bonds. The third kappa shape index (κ3) is 4.25. The molecule has 1 aliphatic rings. The van der Waals surface area contributed by atoms with Gasteiger partial charge in [-0.15, -0.1) is 0 Å². The number of aromatic nitrogens is 2. The van der Waals surface area contributed by atoms with Crippen LogP contribution in [0.5, 0.6) is 0 Å². The quantitative estimate of drug-likeness (QED) is 0.873. The van der Waals surface area contributed by atoms with E-state index in [0.717, 1.165) is 30.7 Å². The van der Waals surface area contributed by atoms with Crippen molar-refractivity contribution in [2.45, 2.75) is 38.3 Å². The number of anilines is 2. The fourth-order valence-corrected chi connectivity index (χ4v) is 1.87. The van der Waals surface area contributed by atoms with Crippen LogP contribution in [-0.4, -0.2) is 36.3 Å². The molecule has 0 aliphatic heterocycles. The molecule has 1 aliphatic carbocycles. The third-order valence-electron chi connectivity index (χ3n) is 3.04. The zero-order chi connectivity index (χ0) is 14.8. The van der Waals surface area contributed by atoms with Gasteiger partial charge in [-0.25, -0.2) is 9.97 Å². The largest absolute Gasteiger partial charge is 0.405 e. The van der Waals surface area contributed by atoms with Gasteiger partial charge in [-0.05, 0) is 19.3 Å². The van der Waals surface area contributed by atoms with Crippen LogP contribution in [0.15, 0.2) is 6.07 Å². The minimum absolute atomic E-state index is 0.302. The van der Waals surface area contributed by atoms with E-state index in [0.29, 0.717) is 23.4 Å². The highest BCUT2D eigenvalue weighted by atomic mass is 19.4. The lowest BCUT2D eigenvalue weighted by Gasteiger charge is -2.21. The van der Waals surface area contributed by atoms with Crippen molar-refractivity contribution < 1.29 is 13.2 Å². The van der Waals surface area contributed by atoms with Gasteiger partial charge in [0.2, 0.25) is 0 Å². The Morgan fingerprint density at radius 2 is 2.05 bits per heavy atom. The van der Waals surface area contributed by atoms with Crippen LogP contribution in [0.4, 0.5) is 24.8 Å². The predicted molar refractivity (Wildman–Crippen MR) is 72.1 cm³/mol. The zero-order valence-electron chi connectivity index (χ0n) is 11.7. The van der Waals surface area contributed by atoms with Gasteiger partial charge in [0, 0.05) is 25.6 Å². The van der Waals surface area contributed by atoms with Crippen molar-refractivity contribution in [1.82, 2.24) is 9.97 Å². The highest BCUT2D eigenvalue weighted by Crippen LogP contribution is 2.39. The summed E-state index contributed by atoms with van der Waals surface area (Å²) in [6, 6.07) is 1.58. The monoisotopic (exact) mass is 288 g/mol. The fraction of sp³-hybridized carbons (Fsp3) is 0.692. The average molecular weight is 288 g/mol. The maximum Gasteiger partial charge on any atom is 0.405 e. The molecule has 7 heteroatoms. The molecule has 0 atom stereocenters. The first-order valence-corrected chi connectivity index (χ1v) is 6.80. The summed E-state index contributed by atoms with van der Waals surface area (Å²) in [6.45, 7) is 1.75. The smallest absolute Gasteiger partial charge is 0.370 e. The molecule has 20 heavy (non-hydrogen) atoms. The van der Waals surface area contributed by atoms with Gasteiger partial charge in [0.25, 0.3) is 0 Å². The Morgan fingerprint density at radius 3 is 2.60 bits per heavy atom. The Hall–Kier alpha value is -1.53. The highest BCUT2D eigenvalue weighted by molar-refractivity contribution is 5.49. The van der Waals surface area contributed by atoms with Gasteiger partial charge in [0.1, 0.15) is 24.0 Å². The molecule has 1 N–H and O–H groups in total. The van der Waals surface area contributed by atoms with E-state index >= 15 is 0 Å². The van der Waals surface area contributed by atoms with E-state index in [9.17, 15) is 13.2 Å². The minimum Gasteiger partial charge on any atom is -0.370 e. The van der Waals surface area contributed by atoms with Crippen LogP contribution in [0.25, 0.3) is 0 Å². The number of nitrogens with one attached hydrogen (secondary N) is 1. The number of halogens is 3. The molecule has 0 bridgehead atoms. The van der Waals surface area contributed by atoms with Crippen molar-refractivity contribution in [3.63, 3.8) is 0 Å². The minimum atomic E-state index is -4.24. The lowest BCUT2D eigenvalue weighted by Crippen LogP contribution is -2.31. The second-order valence-electron chi connectivity index (χ2n) is 5.14. The van der Waals surface area contributed by atoms with E-state index in [1.54, 1.807) is 6.07 Å². The summed E-state index contributed by atoms with van der Waals surface area (Å²) in [5, 5.41) is 3.12. The maximum atomic E-state index is 12.5. The summed E-state index contributed by atoms with van der Waals surface area (Å²) in [5.41, 5.74) is 0. The molecular formula is C13H19F3N4. The Bertz CT molecular complexity index is 457. The van der Waals surface area contributed by atoms with Crippen molar-refractivity contribution in [3.05, 3.63) is 11.9 Å². The van der Waals surface area contributed by atoms with Gasteiger partial charge >= 0.3 is 6.18 Å². The number of hydrogen-bond donors (Lipinski definition) is 1. The molecule has 1 fully saturated rings. The molecule has 1 aromatic rings. The molecule has 1 heterocycles. The maximum absolute atomic E-state index is 12.5. The number of hydrogen-bond acceptors (Lipinski definition) is 4. The van der Waals surface area contributed by atoms with Gasteiger partial charge in [-0.1, -0.05) is 6.92 Å². The van der Waals surface area contributed by atoms with E-state index < -0.39 is 12.7 Å². The van der Waals surface area contributed by atoms with E-state index in [4.69, 9.17) is 0 Å². The van der Waals surface area contributed by atoms with Gasteiger partial charge in [0.05, 0.1) is 0 Å². The van der Waals surface area contributed by atoms with Gasteiger partial charge in [0.15, 0.2) is 0 Å². The van der Waals surface area contributed by atoms with Crippen molar-refractivity contribution in [2.75, 3.05) is 30.4 Å². The lowest BCUT2D eigenvalue weighted by molar-refractivity contribution is -0.119. The second kappa shape index (κ2) is 5.85. The Balaban J connectivity index is 2.19. The molecule has 0 radical (unpaired) electrons. The SMILES string of the molecule is CCCNc1cc(N(C)CC(F)(F)F)nc(C2CC2)n1. The summed E-state index contributed by atoms with van der Waals surface area (Å²) in [4.78, 5) is 9.76. The zero-order valence-corrected chi connectivity index (χ0v) is 11.7. The molecule has 1 saturated carbocycles. The first-order chi connectivity index (χ1) is 9.39. The van der Waals surface area contributed by atoms with Gasteiger partial charge < -0.3 is 10.2 Å². The summed E-state index contributed by atoms with van der Waals surface area (Å²) >= 11 is 0. The van der Waals surface area contributed by atoms with Crippen LogP contribution in [0.1, 0.15) is 37.9 Å². The van der Waals surface area contributed by atoms with Gasteiger partial charge in [-0.2, -0.15) is 13.2 Å². The predicted octanol–water partition coefficient (Wildman–Crippen LogP) is 3.17.